The fourth-order valence-electron chi connectivity index (χ4n) is 4.40. The molecule has 0 fully saturated rings. The summed E-state index contributed by atoms with van der Waals surface area (Å²) in [4.78, 5) is 0. The van der Waals surface area contributed by atoms with E-state index < -0.39 is 49.0 Å². The summed E-state index contributed by atoms with van der Waals surface area (Å²) in [6, 6.07) is 5.96. The fourth-order valence-corrected chi connectivity index (χ4v) is 4.40. The summed E-state index contributed by atoms with van der Waals surface area (Å²) in [5.41, 5.74) is -3.96. The molecular weight excluding hydrogens is 401 g/mol. The van der Waals surface area contributed by atoms with E-state index in [2.05, 4.69) is 5.10 Å². The van der Waals surface area contributed by atoms with Crippen LogP contribution in [-0.2, 0) is 11.1 Å². The summed E-state index contributed by atoms with van der Waals surface area (Å²) in [6.45, 7) is -1.73. The number of aliphatic hydroxyl groups is 4. The van der Waals surface area contributed by atoms with Gasteiger partial charge in [0.1, 0.15) is 5.54 Å². The standard InChI is InChI=1S/C21H21F3N2O4/c22-21(23,24)20(30)16-6-2-1-4-15(16)18-14(5-3-7-17(18)20)13-8-25-26(9-13)19(10-27,11-28)12-29/h1-9,14,18,27-30H,10-12H2. The molecule has 4 N–H and O–H groups in total. The van der Waals surface area contributed by atoms with Gasteiger partial charge in [0, 0.05) is 23.6 Å². The molecule has 4 rings (SSSR count). The highest BCUT2D eigenvalue weighted by molar-refractivity contribution is 5.59. The Morgan fingerprint density at radius 1 is 1.07 bits per heavy atom. The number of alkyl halides is 3. The van der Waals surface area contributed by atoms with Crippen molar-refractivity contribution >= 4 is 0 Å². The molecule has 3 atom stereocenters. The van der Waals surface area contributed by atoms with Crippen LogP contribution in [0.25, 0.3) is 0 Å². The van der Waals surface area contributed by atoms with E-state index in [1.54, 1.807) is 18.2 Å². The maximum absolute atomic E-state index is 14.0. The van der Waals surface area contributed by atoms with E-state index in [4.69, 9.17) is 0 Å². The number of allylic oxidation sites excluding steroid dienone is 3. The SMILES string of the molecule is OCC(CO)(CO)n1cc(C2C=CC=C3C2c2ccccc2C3(O)C(F)(F)F)cn1. The summed E-state index contributed by atoms with van der Waals surface area (Å²) in [5.74, 6) is -1.33. The highest BCUT2D eigenvalue weighted by Crippen LogP contribution is 2.60. The Kier molecular flexibility index (Phi) is 4.89. The number of fused-ring (bicyclic) bond motifs is 3. The Balaban J connectivity index is 1.82. The topological polar surface area (TPSA) is 98.7 Å². The van der Waals surface area contributed by atoms with Crippen molar-refractivity contribution < 1.29 is 33.6 Å². The Morgan fingerprint density at radius 2 is 1.73 bits per heavy atom. The lowest BCUT2D eigenvalue weighted by molar-refractivity contribution is -0.248. The molecule has 3 unspecified atom stereocenters. The number of aromatic nitrogens is 2. The van der Waals surface area contributed by atoms with Gasteiger partial charge in [0.15, 0.2) is 0 Å². The molecule has 0 aliphatic heterocycles. The van der Waals surface area contributed by atoms with Crippen LogP contribution < -0.4 is 0 Å². The van der Waals surface area contributed by atoms with Gasteiger partial charge in [0.2, 0.25) is 5.60 Å². The van der Waals surface area contributed by atoms with E-state index in [0.717, 1.165) is 0 Å². The molecule has 30 heavy (non-hydrogen) atoms. The zero-order chi connectivity index (χ0) is 21.7. The molecule has 2 aromatic rings. The molecule has 0 radical (unpaired) electrons. The summed E-state index contributed by atoms with van der Waals surface area (Å²) in [5, 5.41) is 43.8. The number of rotatable bonds is 5. The Hall–Kier alpha value is -2.46. The maximum Gasteiger partial charge on any atom is 0.425 e. The number of aliphatic hydroxyl groups excluding tert-OH is 3. The molecule has 1 aromatic heterocycles. The summed E-state index contributed by atoms with van der Waals surface area (Å²) >= 11 is 0. The van der Waals surface area contributed by atoms with Gasteiger partial charge in [0.05, 0.1) is 26.0 Å². The van der Waals surface area contributed by atoms with E-state index in [0.29, 0.717) is 11.1 Å². The minimum atomic E-state index is -4.90. The summed E-state index contributed by atoms with van der Waals surface area (Å²) in [7, 11) is 0. The molecule has 9 heteroatoms. The number of nitrogens with zero attached hydrogens (tertiary/aromatic N) is 2. The second kappa shape index (κ2) is 7.05. The van der Waals surface area contributed by atoms with Crippen LogP contribution in [0.4, 0.5) is 13.2 Å². The average Bonchev–Trinajstić information content (AvgIpc) is 3.33. The Labute approximate surface area is 170 Å². The molecule has 6 nitrogen and oxygen atoms in total. The molecule has 0 saturated heterocycles. The average molecular weight is 422 g/mol. The van der Waals surface area contributed by atoms with E-state index >= 15 is 0 Å². The smallest absolute Gasteiger partial charge is 0.394 e. The van der Waals surface area contributed by atoms with Gasteiger partial charge >= 0.3 is 6.18 Å². The lowest BCUT2D eigenvalue weighted by atomic mass is 9.76. The first-order chi connectivity index (χ1) is 14.2. The van der Waals surface area contributed by atoms with Gasteiger partial charge in [-0.1, -0.05) is 42.5 Å². The first-order valence-corrected chi connectivity index (χ1v) is 9.38. The lowest BCUT2D eigenvalue weighted by Crippen LogP contribution is -2.45. The van der Waals surface area contributed by atoms with Gasteiger partial charge in [-0.3, -0.25) is 4.68 Å². The van der Waals surface area contributed by atoms with Gasteiger partial charge in [-0.05, 0) is 16.7 Å². The van der Waals surface area contributed by atoms with Crippen molar-refractivity contribution in [3.8, 4) is 0 Å². The molecule has 1 heterocycles. The van der Waals surface area contributed by atoms with Gasteiger partial charge in [-0.15, -0.1) is 0 Å². The number of benzene rings is 1. The number of hydrogen-bond acceptors (Lipinski definition) is 5. The van der Waals surface area contributed by atoms with E-state index in [1.165, 1.54) is 41.4 Å². The first-order valence-electron chi connectivity index (χ1n) is 9.38. The molecule has 0 saturated carbocycles. The normalized spacial score (nSPS) is 25.8. The van der Waals surface area contributed by atoms with Gasteiger partial charge in [-0.25, -0.2) is 0 Å². The van der Waals surface area contributed by atoms with Gasteiger partial charge in [-0.2, -0.15) is 18.3 Å². The van der Waals surface area contributed by atoms with Crippen molar-refractivity contribution in [3.63, 3.8) is 0 Å². The summed E-state index contributed by atoms with van der Waals surface area (Å²) < 4.78 is 43.2. The van der Waals surface area contributed by atoms with E-state index in [1.807, 2.05) is 0 Å². The zero-order valence-corrected chi connectivity index (χ0v) is 15.8. The minimum Gasteiger partial charge on any atom is -0.394 e. The van der Waals surface area contributed by atoms with Crippen LogP contribution >= 0.6 is 0 Å². The molecule has 2 aliphatic rings. The molecular formula is C21H21F3N2O4. The van der Waals surface area contributed by atoms with Crippen LogP contribution in [-0.4, -0.2) is 56.2 Å². The maximum atomic E-state index is 14.0. The quantitative estimate of drug-likeness (QED) is 0.588. The highest BCUT2D eigenvalue weighted by Gasteiger charge is 2.64. The minimum absolute atomic E-state index is 0.158. The lowest BCUT2D eigenvalue weighted by Gasteiger charge is -2.33. The van der Waals surface area contributed by atoms with Gasteiger partial charge in [0.25, 0.3) is 0 Å². The van der Waals surface area contributed by atoms with Crippen molar-refractivity contribution in [1.29, 1.82) is 0 Å². The molecule has 2 aliphatic carbocycles. The van der Waals surface area contributed by atoms with Crippen LogP contribution in [0.15, 0.2) is 60.5 Å². The number of hydrogen-bond donors (Lipinski definition) is 4. The second-order valence-electron chi connectivity index (χ2n) is 7.72. The molecule has 0 bridgehead atoms. The van der Waals surface area contributed by atoms with Crippen molar-refractivity contribution in [1.82, 2.24) is 9.78 Å². The number of halogens is 3. The largest absolute Gasteiger partial charge is 0.425 e. The van der Waals surface area contributed by atoms with E-state index in [9.17, 15) is 33.6 Å². The molecule has 1 aromatic carbocycles. The van der Waals surface area contributed by atoms with Crippen molar-refractivity contribution in [3.05, 3.63) is 77.2 Å². The molecule has 0 spiro atoms. The predicted molar refractivity (Wildman–Crippen MR) is 101 cm³/mol. The third-order valence-corrected chi connectivity index (χ3v) is 6.16. The van der Waals surface area contributed by atoms with Crippen LogP contribution in [0.5, 0.6) is 0 Å². The zero-order valence-electron chi connectivity index (χ0n) is 15.8. The fraction of sp³-hybridized carbons (Fsp3) is 0.381. The molecule has 0 amide bonds. The van der Waals surface area contributed by atoms with Crippen molar-refractivity contribution in [2.45, 2.75) is 29.2 Å². The van der Waals surface area contributed by atoms with Crippen LogP contribution in [0.2, 0.25) is 0 Å². The third kappa shape index (κ3) is 2.70. The summed E-state index contributed by atoms with van der Waals surface area (Å²) in [6.07, 6.45) is 2.54. The van der Waals surface area contributed by atoms with E-state index in [-0.39, 0.29) is 11.1 Å². The first kappa shape index (κ1) is 20.8. The van der Waals surface area contributed by atoms with Gasteiger partial charge < -0.3 is 20.4 Å². The monoisotopic (exact) mass is 422 g/mol. The highest BCUT2D eigenvalue weighted by atomic mass is 19.4. The van der Waals surface area contributed by atoms with Crippen LogP contribution in [0.3, 0.4) is 0 Å². The molecule has 160 valence electrons. The third-order valence-electron chi connectivity index (χ3n) is 6.16. The second-order valence-corrected chi connectivity index (χ2v) is 7.72. The Bertz CT molecular complexity index is 1000. The van der Waals surface area contributed by atoms with Crippen LogP contribution in [0, 0.1) is 0 Å². The predicted octanol–water partition coefficient (Wildman–Crippen LogP) is 1.68. The van der Waals surface area contributed by atoms with Crippen LogP contribution in [0.1, 0.15) is 28.5 Å². The Morgan fingerprint density at radius 3 is 2.37 bits per heavy atom. The van der Waals surface area contributed by atoms with Crippen molar-refractivity contribution in [2.24, 2.45) is 0 Å². The van der Waals surface area contributed by atoms with Crippen molar-refractivity contribution in [2.75, 3.05) is 19.8 Å².